The number of urea groups is 1. The number of fused-ring (bicyclic) bond motifs is 1. The summed E-state index contributed by atoms with van der Waals surface area (Å²) in [7, 11) is 1.77. The second-order valence-electron chi connectivity index (χ2n) is 6.53. The third-order valence-electron chi connectivity index (χ3n) is 4.32. The predicted molar refractivity (Wildman–Crippen MR) is 104 cm³/mol. The number of rotatable bonds is 7. The van der Waals surface area contributed by atoms with Gasteiger partial charge < -0.3 is 24.4 Å². The van der Waals surface area contributed by atoms with Gasteiger partial charge in [0.05, 0.1) is 6.61 Å². The lowest BCUT2D eigenvalue weighted by Crippen LogP contribution is -2.37. The SMILES string of the molecule is Cc1ccccc1OCCCNC(=O)N(C)Cc1ccc2c(c1)OCCO2. The maximum absolute atomic E-state index is 12.2. The first-order valence-electron chi connectivity index (χ1n) is 9.19. The zero-order valence-corrected chi connectivity index (χ0v) is 15.9. The Morgan fingerprint density at radius 3 is 2.74 bits per heavy atom. The molecule has 0 unspecified atom stereocenters. The molecule has 144 valence electrons. The summed E-state index contributed by atoms with van der Waals surface area (Å²) in [5.41, 5.74) is 2.11. The van der Waals surface area contributed by atoms with Crippen LogP contribution in [0.15, 0.2) is 42.5 Å². The molecule has 2 aromatic rings. The number of hydrogen-bond donors (Lipinski definition) is 1. The van der Waals surface area contributed by atoms with E-state index in [9.17, 15) is 4.79 Å². The maximum atomic E-state index is 12.2. The molecular formula is C21H26N2O4. The van der Waals surface area contributed by atoms with E-state index in [0.717, 1.165) is 34.8 Å². The van der Waals surface area contributed by atoms with Crippen LogP contribution < -0.4 is 19.5 Å². The van der Waals surface area contributed by atoms with Crippen molar-refractivity contribution in [3.63, 3.8) is 0 Å². The number of nitrogens with one attached hydrogen (secondary N) is 1. The van der Waals surface area contributed by atoms with Gasteiger partial charge in [-0.2, -0.15) is 0 Å². The molecular weight excluding hydrogens is 344 g/mol. The largest absolute Gasteiger partial charge is 0.493 e. The Kier molecular flexibility index (Phi) is 6.41. The minimum atomic E-state index is -0.110. The monoisotopic (exact) mass is 370 g/mol. The second-order valence-corrected chi connectivity index (χ2v) is 6.53. The molecule has 1 N–H and O–H groups in total. The summed E-state index contributed by atoms with van der Waals surface area (Å²) < 4.78 is 16.8. The highest BCUT2D eigenvalue weighted by molar-refractivity contribution is 5.73. The Bertz CT molecular complexity index is 779. The van der Waals surface area contributed by atoms with Crippen LogP contribution in [0.1, 0.15) is 17.5 Å². The van der Waals surface area contributed by atoms with E-state index in [0.29, 0.717) is 32.9 Å². The second kappa shape index (κ2) is 9.16. The highest BCUT2D eigenvalue weighted by Gasteiger charge is 2.14. The van der Waals surface area contributed by atoms with Gasteiger partial charge in [0, 0.05) is 20.1 Å². The molecule has 0 atom stereocenters. The number of benzene rings is 2. The van der Waals surface area contributed by atoms with Crippen LogP contribution in [0.4, 0.5) is 4.79 Å². The third kappa shape index (κ3) is 5.29. The standard InChI is InChI=1S/C21H26N2O4/c1-16-6-3-4-7-18(16)25-11-5-10-22-21(24)23(2)15-17-8-9-19-20(14-17)27-13-12-26-19/h3-4,6-9,14H,5,10-13,15H2,1-2H3,(H,22,24). The lowest BCUT2D eigenvalue weighted by molar-refractivity contribution is 0.171. The van der Waals surface area contributed by atoms with E-state index in [2.05, 4.69) is 5.32 Å². The van der Waals surface area contributed by atoms with Crippen molar-refractivity contribution < 1.29 is 19.0 Å². The summed E-state index contributed by atoms with van der Waals surface area (Å²) in [5, 5.41) is 2.92. The highest BCUT2D eigenvalue weighted by Crippen LogP contribution is 2.31. The number of para-hydroxylation sites is 1. The maximum Gasteiger partial charge on any atom is 0.317 e. The Balaban J connectivity index is 1.38. The summed E-state index contributed by atoms with van der Waals surface area (Å²) in [6.07, 6.45) is 0.748. The molecule has 0 bridgehead atoms. The summed E-state index contributed by atoms with van der Waals surface area (Å²) in [5.74, 6) is 2.38. The van der Waals surface area contributed by atoms with Gasteiger partial charge in [-0.15, -0.1) is 0 Å². The Morgan fingerprint density at radius 1 is 1.15 bits per heavy atom. The molecule has 3 rings (SSSR count). The number of carbonyl (C=O) groups excluding carboxylic acids is 1. The van der Waals surface area contributed by atoms with E-state index >= 15 is 0 Å². The van der Waals surface area contributed by atoms with Crippen LogP contribution in [-0.2, 0) is 6.54 Å². The number of amides is 2. The molecule has 1 aliphatic heterocycles. The predicted octanol–water partition coefficient (Wildman–Crippen LogP) is 3.38. The first-order chi connectivity index (χ1) is 13.1. The molecule has 0 aromatic heterocycles. The first kappa shape index (κ1) is 18.9. The van der Waals surface area contributed by atoms with Crippen LogP contribution in [0.25, 0.3) is 0 Å². The molecule has 0 fully saturated rings. The molecule has 0 radical (unpaired) electrons. The molecule has 0 saturated heterocycles. The normalized spacial score (nSPS) is 12.4. The van der Waals surface area contributed by atoms with Crippen LogP contribution in [0.5, 0.6) is 17.2 Å². The Morgan fingerprint density at radius 2 is 1.93 bits per heavy atom. The van der Waals surface area contributed by atoms with Gasteiger partial charge in [0.25, 0.3) is 0 Å². The van der Waals surface area contributed by atoms with Crippen LogP contribution in [0.3, 0.4) is 0 Å². The van der Waals surface area contributed by atoms with Crippen LogP contribution in [0.2, 0.25) is 0 Å². The van der Waals surface area contributed by atoms with E-state index in [1.807, 2.05) is 49.4 Å². The molecule has 0 spiro atoms. The van der Waals surface area contributed by atoms with Gasteiger partial charge in [0.2, 0.25) is 0 Å². The minimum Gasteiger partial charge on any atom is -0.493 e. The van der Waals surface area contributed by atoms with Crippen LogP contribution in [-0.4, -0.2) is 44.3 Å². The summed E-state index contributed by atoms with van der Waals surface area (Å²) in [6.45, 7) is 4.78. The third-order valence-corrected chi connectivity index (χ3v) is 4.32. The van der Waals surface area contributed by atoms with Crippen molar-refractivity contribution in [2.75, 3.05) is 33.4 Å². The fourth-order valence-electron chi connectivity index (χ4n) is 2.83. The number of aryl methyl sites for hydroxylation is 1. The summed E-state index contributed by atoms with van der Waals surface area (Å²) in [4.78, 5) is 13.9. The molecule has 0 aliphatic carbocycles. The van der Waals surface area contributed by atoms with Crippen molar-refractivity contribution in [3.8, 4) is 17.2 Å². The highest BCUT2D eigenvalue weighted by atomic mass is 16.6. The summed E-state index contributed by atoms with van der Waals surface area (Å²) in [6, 6.07) is 13.6. The smallest absolute Gasteiger partial charge is 0.317 e. The van der Waals surface area contributed by atoms with E-state index in [4.69, 9.17) is 14.2 Å². The van der Waals surface area contributed by atoms with E-state index in [-0.39, 0.29) is 6.03 Å². The molecule has 6 nitrogen and oxygen atoms in total. The lowest BCUT2D eigenvalue weighted by atomic mass is 10.2. The molecule has 27 heavy (non-hydrogen) atoms. The molecule has 2 amide bonds. The van der Waals surface area contributed by atoms with Gasteiger partial charge in [-0.25, -0.2) is 4.79 Å². The number of ether oxygens (including phenoxy) is 3. The molecule has 2 aromatic carbocycles. The van der Waals surface area contributed by atoms with Crippen molar-refractivity contribution in [2.24, 2.45) is 0 Å². The average Bonchev–Trinajstić information content (AvgIpc) is 2.68. The van der Waals surface area contributed by atoms with Crippen molar-refractivity contribution >= 4 is 6.03 Å². The number of hydrogen-bond acceptors (Lipinski definition) is 4. The first-order valence-corrected chi connectivity index (χ1v) is 9.19. The van der Waals surface area contributed by atoms with Gasteiger partial charge >= 0.3 is 6.03 Å². The Labute approximate surface area is 160 Å². The number of carbonyl (C=O) groups is 1. The van der Waals surface area contributed by atoms with Crippen LogP contribution in [0, 0.1) is 6.92 Å². The minimum absolute atomic E-state index is 0.110. The Hall–Kier alpha value is -2.89. The van der Waals surface area contributed by atoms with Crippen LogP contribution >= 0.6 is 0 Å². The average molecular weight is 370 g/mol. The van der Waals surface area contributed by atoms with Crippen molar-refractivity contribution in [3.05, 3.63) is 53.6 Å². The molecule has 0 saturated carbocycles. The fraction of sp³-hybridized carbons (Fsp3) is 0.381. The lowest BCUT2D eigenvalue weighted by Gasteiger charge is -2.21. The zero-order chi connectivity index (χ0) is 19.1. The number of nitrogens with zero attached hydrogens (tertiary/aromatic N) is 1. The van der Waals surface area contributed by atoms with Gasteiger partial charge in [-0.05, 0) is 42.7 Å². The van der Waals surface area contributed by atoms with Crippen molar-refractivity contribution in [2.45, 2.75) is 19.9 Å². The van der Waals surface area contributed by atoms with E-state index in [1.54, 1.807) is 11.9 Å². The van der Waals surface area contributed by atoms with Crippen molar-refractivity contribution in [1.82, 2.24) is 10.2 Å². The van der Waals surface area contributed by atoms with E-state index in [1.165, 1.54) is 0 Å². The molecule has 1 heterocycles. The van der Waals surface area contributed by atoms with Crippen molar-refractivity contribution in [1.29, 1.82) is 0 Å². The van der Waals surface area contributed by atoms with Gasteiger partial charge in [-0.3, -0.25) is 0 Å². The zero-order valence-electron chi connectivity index (χ0n) is 15.9. The van der Waals surface area contributed by atoms with E-state index < -0.39 is 0 Å². The molecule has 6 heteroatoms. The van der Waals surface area contributed by atoms with Gasteiger partial charge in [-0.1, -0.05) is 24.3 Å². The fourth-order valence-corrected chi connectivity index (χ4v) is 2.83. The van der Waals surface area contributed by atoms with Gasteiger partial charge in [0.15, 0.2) is 11.5 Å². The van der Waals surface area contributed by atoms with Gasteiger partial charge in [0.1, 0.15) is 19.0 Å². The summed E-state index contributed by atoms with van der Waals surface area (Å²) >= 11 is 0. The molecule has 1 aliphatic rings. The topological polar surface area (TPSA) is 60.0 Å². The quantitative estimate of drug-likeness (QED) is 0.759.